The largest absolute Gasteiger partial charge is 0.511 e. The molecule has 1 aliphatic heterocycles. The lowest BCUT2D eigenvalue weighted by molar-refractivity contribution is -0.161. The van der Waals surface area contributed by atoms with Gasteiger partial charge in [0, 0.05) is 6.42 Å². The number of cyclic esters (lactones) is 1. The van der Waals surface area contributed by atoms with Crippen LogP contribution in [0.2, 0.25) is 0 Å². The normalized spacial score (nSPS) is 22.7. The summed E-state index contributed by atoms with van der Waals surface area (Å²) in [6, 6.07) is 6.21. The van der Waals surface area contributed by atoms with Crippen molar-refractivity contribution in [2.24, 2.45) is 16.9 Å². The predicted octanol–water partition coefficient (Wildman–Crippen LogP) is 5.69. The first kappa shape index (κ1) is 24.8. The van der Waals surface area contributed by atoms with E-state index in [2.05, 4.69) is 17.2 Å². The Morgan fingerprint density at radius 3 is 2.75 bits per heavy atom. The van der Waals surface area contributed by atoms with Gasteiger partial charge in [0.2, 0.25) is 0 Å². The lowest BCUT2D eigenvalue weighted by Gasteiger charge is -2.38. The fourth-order valence-electron chi connectivity index (χ4n) is 4.82. The summed E-state index contributed by atoms with van der Waals surface area (Å²) in [6.07, 6.45) is 7.01. The summed E-state index contributed by atoms with van der Waals surface area (Å²) >= 11 is 2.56. The van der Waals surface area contributed by atoms with Crippen LogP contribution >= 0.6 is 23.5 Å². The van der Waals surface area contributed by atoms with Gasteiger partial charge in [-0.15, -0.1) is 0 Å². The highest BCUT2D eigenvalue weighted by atomic mass is 32.2. The molecule has 1 aliphatic carbocycles. The Kier molecular flexibility index (Phi) is 8.82. The van der Waals surface area contributed by atoms with E-state index < -0.39 is 11.6 Å². The van der Waals surface area contributed by atoms with Crippen LogP contribution in [0.25, 0.3) is 0 Å². The van der Waals surface area contributed by atoms with Crippen LogP contribution in [0.4, 0.5) is 0 Å². The van der Waals surface area contributed by atoms with Crippen LogP contribution in [0.15, 0.2) is 34.0 Å². The second-order valence-corrected chi connectivity index (χ2v) is 11.0. The number of thioether (sulfide) groups is 2. The van der Waals surface area contributed by atoms with Gasteiger partial charge in [0.25, 0.3) is 0 Å². The fraction of sp³-hybridized carbons (Fsp3) is 0.583. The number of methoxy groups -OCH3 is 1. The Morgan fingerprint density at radius 1 is 1.38 bits per heavy atom. The van der Waals surface area contributed by atoms with Crippen molar-refractivity contribution < 1.29 is 19.4 Å². The van der Waals surface area contributed by atoms with E-state index in [1.54, 1.807) is 7.11 Å². The van der Waals surface area contributed by atoms with Gasteiger partial charge in [-0.2, -0.15) is 5.10 Å². The molecule has 0 bridgehead atoms. The minimum atomic E-state index is -0.574. The van der Waals surface area contributed by atoms with Crippen molar-refractivity contribution in [3.05, 3.63) is 40.0 Å². The molecule has 0 saturated heterocycles. The number of carbonyl (C=O) groups excluding carboxylic acids is 1. The maximum Gasteiger partial charge on any atom is 0.349 e. The van der Waals surface area contributed by atoms with Gasteiger partial charge in [-0.05, 0) is 67.9 Å². The quantitative estimate of drug-likeness (QED) is 0.171. The van der Waals surface area contributed by atoms with Gasteiger partial charge in [-0.1, -0.05) is 55.4 Å². The number of hydrogen-bond acceptors (Lipinski definition) is 8. The molecule has 0 spiro atoms. The smallest absolute Gasteiger partial charge is 0.349 e. The first-order valence-corrected chi connectivity index (χ1v) is 13.1. The first-order valence-electron chi connectivity index (χ1n) is 11.3. The molecule has 2 aliphatic rings. The van der Waals surface area contributed by atoms with Crippen LogP contribution in [0, 0.1) is 12.8 Å². The van der Waals surface area contributed by atoms with E-state index in [4.69, 9.17) is 15.3 Å². The zero-order chi connectivity index (χ0) is 23.1. The lowest BCUT2D eigenvalue weighted by atomic mass is 9.78. The number of nitrogens with two attached hydrogens (primary N) is 1. The number of esters is 1. The summed E-state index contributed by atoms with van der Waals surface area (Å²) in [5.41, 5.74) is 1.72. The maximum absolute atomic E-state index is 13.2. The number of carbonyl (C=O) groups is 1. The molecule has 0 aromatic heterocycles. The molecule has 8 heteroatoms. The molecular weight excluding hydrogens is 444 g/mol. The number of rotatable bonds is 7. The van der Waals surface area contributed by atoms with Crippen LogP contribution in [0.3, 0.4) is 0 Å². The number of aryl methyl sites for hydroxylation is 2. The number of hydrogen-bond donors (Lipinski definition) is 2. The summed E-state index contributed by atoms with van der Waals surface area (Å²) in [6.45, 7) is 4.03. The summed E-state index contributed by atoms with van der Waals surface area (Å²) in [4.78, 5) is 13.4. The van der Waals surface area contributed by atoms with Gasteiger partial charge < -0.3 is 20.4 Å². The monoisotopic (exact) mass is 478 g/mol. The average Bonchev–Trinajstić information content (AvgIpc) is 3.30. The van der Waals surface area contributed by atoms with Gasteiger partial charge in [0.05, 0.1) is 7.11 Å². The Bertz CT molecular complexity index is 881. The summed E-state index contributed by atoms with van der Waals surface area (Å²) in [5, 5.41) is 14.5. The van der Waals surface area contributed by atoms with Crippen molar-refractivity contribution in [2.45, 2.75) is 70.8 Å². The molecule has 1 atom stereocenters. The predicted molar refractivity (Wildman–Crippen MR) is 133 cm³/mol. The highest BCUT2D eigenvalue weighted by Crippen LogP contribution is 2.46. The number of ether oxygens (including phenoxy) is 2. The Balaban J connectivity index is 1.81. The van der Waals surface area contributed by atoms with Crippen molar-refractivity contribution in [2.75, 3.05) is 12.9 Å². The number of aliphatic hydroxyl groups excluding tert-OH is 1. The summed E-state index contributed by atoms with van der Waals surface area (Å²) in [5.74, 6) is 7.07. The van der Waals surface area contributed by atoms with Gasteiger partial charge in [0.15, 0.2) is 4.38 Å². The molecule has 0 radical (unpaired) electrons. The molecule has 1 heterocycles. The molecule has 1 unspecified atom stereocenters. The van der Waals surface area contributed by atoms with Crippen molar-refractivity contribution in [1.82, 2.24) is 0 Å². The van der Waals surface area contributed by atoms with Crippen LogP contribution in [0.5, 0.6) is 5.75 Å². The molecule has 1 saturated carbocycles. The van der Waals surface area contributed by atoms with E-state index in [0.29, 0.717) is 23.1 Å². The molecule has 3 N–H and O–H groups in total. The highest BCUT2D eigenvalue weighted by molar-refractivity contribution is 8.40. The highest BCUT2D eigenvalue weighted by Gasteiger charge is 2.46. The molecule has 1 aromatic rings. The first-order chi connectivity index (χ1) is 15.4. The number of allylic oxidation sites excluding steroid dienone is 1. The molecule has 32 heavy (non-hydrogen) atoms. The number of benzene rings is 1. The molecule has 1 aromatic carbocycles. The van der Waals surface area contributed by atoms with Crippen LogP contribution in [-0.2, 0) is 16.0 Å². The number of aliphatic hydroxyl groups is 1. The van der Waals surface area contributed by atoms with Gasteiger partial charge in [-0.3, -0.25) is 0 Å². The van der Waals surface area contributed by atoms with E-state index in [-0.39, 0.29) is 10.7 Å². The van der Waals surface area contributed by atoms with Gasteiger partial charge in [-0.25, -0.2) is 4.79 Å². The topological polar surface area (TPSA) is 94.1 Å². The molecule has 176 valence electrons. The summed E-state index contributed by atoms with van der Waals surface area (Å²) in [7, 11) is 1.68. The third-order valence-corrected chi connectivity index (χ3v) is 8.62. The Labute approximate surface area is 199 Å². The Hall–Kier alpha value is -1.80. The zero-order valence-corrected chi connectivity index (χ0v) is 20.8. The standard InChI is InChI=1S/C24H34N2O4S2/c1-4-31-23(26-25)32-21-19(27)12-14-24(30-22(21)28,18-7-5-6-8-18)13-11-17-9-10-20(29-3)16(2)15-17/h9-10,15,18,27H,4-8,11-14,25H2,1-3H3/b26-23+. The zero-order valence-electron chi connectivity index (χ0n) is 19.2. The summed E-state index contributed by atoms with van der Waals surface area (Å²) < 4.78 is 12.2. The minimum Gasteiger partial charge on any atom is -0.511 e. The number of hydrazone groups is 1. The third kappa shape index (κ3) is 5.76. The molecule has 1 fully saturated rings. The lowest BCUT2D eigenvalue weighted by Crippen LogP contribution is -2.41. The SMILES string of the molecule is CCS/C(=N\N)SC1=C(O)CCC(CCc2ccc(OC)c(C)c2)(C2CCCC2)OC1=O. The minimum absolute atomic E-state index is 0.0815. The molecule has 6 nitrogen and oxygen atoms in total. The second-order valence-electron chi connectivity index (χ2n) is 8.45. The molecular formula is C24H34N2O4S2. The van der Waals surface area contributed by atoms with E-state index in [9.17, 15) is 9.90 Å². The van der Waals surface area contributed by atoms with Crippen molar-refractivity contribution >= 4 is 33.9 Å². The van der Waals surface area contributed by atoms with E-state index in [0.717, 1.165) is 67.4 Å². The average molecular weight is 479 g/mol. The van der Waals surface area contributed by atoms with Crippen molar-refractivity contribution in [3.8, 4) is 5.75 Å². The van der Waals surface area contributed by atoms with Crippen LogP contribution < -0.4 is 10.6 Å². The van der Waals surface area contributed by atoms with Gasteiger partial charge >= 0.3 is 5.97 Å². The Morgan fingerprint density at radius 2 is 2.12 bits per heavy atom. The molecule has 0 amide bonds. The van der Waals surface area contributed by atoms with Crippen LogP contribution in [0.1, 0.15) is 63.0 Å². The van der Waals surface area contributed by atoms with E-state index >= 15 is 0 Å². The van der Waals surface area contributed by atoms with Crippen molar-refractivity contribution in [1.29, 1.82) is 0 Å². The van der Waals surface area contributed by atoms with Crippen molar-refractivity contribution in [3.63, 3.8) is 0 Å². The number of nitrogens with zero attached hydrogens (tertiary/aromatic N) is 1. The fourth-order valence-corrected chi connectivity index (χ4v) is 6.55. The van der Waals surface area contributed by atoms with Gasteiger partial charge in [0.1, 0.15) is 22.0 Å². The van der Waals surface area contributed by atoms with E-state index in [1.807, 2.05) is 19.9 Å². The van der Waals surface area contributed by atoms with E-state index in [1.165, 1.54) is 17.3 Å². The maximum atomic E-state index is 13.2. The third-order valence-electron chi connectivity index (χ3n) is 6.49. The second kappa shape index (κ2) is 11.4. The van der Waals surface area contributed by atoms with Crippen LogP contribution in [-0.4, -0.2) is 33.9 Å². The molecule has 3 rings (SSSR count).